The van der Waals surface area contributed by atoms with E-state index in [0.717, 1.165) is 120 Å². The quantitative estimate of drug-likeness (QED) is 0.132. The Morgan fingerprint density at radius 1 is 0.578 bits per heavy atom. The molecule has 0 radical (unpaired) electrons. The number of methoxy groups -OCH3 is 2. The molecule has 10 aliphatic carbocycles. The van der Waals surface area contributed by atoms with Crippen LogP contribution in [0.1, 0.15) is 230 Å². The molecule has 3 N–H and O–H groups in total. The van der Waals surface area contributed by atoms with Gasteiger partial charge in [0.05, 0.1) is 57.8 Å². The van der Waals surface area contributed by atoms with Crippen molar-refractivity contribution in [3.63, 3.8) is 0 Å². The van der Waals surface area contributed by atoms with E-state index < -0.39 is 0 Å². The third kappa shape index (κ3) is 12.2. The van der Waals surface area contributed by atoms with Crippen LogP contribution in [-0.4, -0.2) is 94.5 Å². The number of ketones is 2. The van der Waals surface area contributed by atoms with Crippen LogP contribution in [0.2, 0.25) is 0 Å². The van der Waals surface area contributed by atoms with Crippen molar-refractivity contribution in [1.82, 2.24) is 10.6 Å². The lowest BCUT2D eigenvalue weighted by atomic mass is 9.44. The maximum absolute atomic E-state index is 13.7. The molecule has 10 unspecified atom stereocenters. The van der Waals surface area contributed by atoms with Crippen molar-refractivity contribution >= 4 is 11.6 Å². The van der Waals surface area contributed by atoms with Gasteiger partial charge in [-0.05, 0) is 216 Å². The first kappa shape index (κ1) is 60.4. The number of ether oxygens (including phenoxy) is 6. The van der Waals surface area contributed by atoms with Crippen LogP contribution >= 0.6 is 0 Å². The molecule has 10 saturated carbocycles. The van der Waals surface area contributed by atoms with Gasteiger partial charge >= 0.3 is 0 Å². The zero-order chi connectivity index (χ0) is 57.2. The van der Waals surface area contributed by atoms with Crippen molar-refractivity contribution in [2.75, 3.05) is 53.9 Å². The number of aliphatic hydroxyl groups excluding tert-OH is 1. The van der Waals surface area contributed by atoms with Crippen LogP contribution in [0.15, 0.2) is 48.5 Å². The molecule has 11 heteroatoms. The van der Waals surface area contributed by atoms with Crippen molar-refractivity contribution in [3.8, 4) is 11.5 Å². The van der Waals surface area contributed by atoms with Gasteiger partial charge in [0.25, 0.3) is 0 Å². The van der Waals surface area contributed by atoms with Gasteiger partial charge in [-0.15, -0.1) is 0 Å². The molecular weight excluding hydrogens is 1040 g/mol. The maximum atomic E-state index is 13.7. The Hall–Kier alpha value is -2.90. The summed E-state index contributed by atoms with van der Waals surface area (Å²) in [4.78, 5) is 25.9. The second kappa shape index (κ2) is 26.0. The van der Waals surface area contributed by atoms with E-state index in [4.69, 9.17) is 28.4 Å². The smallest absolute Gasteiger partial charge is 0.168 e. The van der Waals surface area contributed by atoms with E-state index in [1.54, 1.807) is 14.2 Å². The molecule has 2 aromatic carbocycles. The number of hydrogen-bond donors (Lipinski definition) is 3. The standard InChI is InChI=1S/C37H55NO5.C35H53NO4/c1-35-17-18-37(42-21-22-43-37)24-27(35)11-12-30-31(35)15-16-36(32(30)13-14-34(36)39)19-20-41-29-10-6-7-26(23-29)33(25-40-2)38-28-8-4-3-5-9-28;1-34-17-15-27(37)22-25(34)11-12-29-30(34)16-18-35(31(29)13-14-33(35)38)19-20-40-28-10-6-7-24(21-28)32(23-39-2)36-26-8-4-3-5-9-26/h6-7,10,23,27-28,30-33,38H,3-5,8-9,11-22,24-25H2,1-2H3;6-7,10,21,25-26,29-33,36,38H,3-5,8-9,11-20,22-23H2,1-2H3/t27?,30?,31?,32?,33?,35-,36+;25?,29?,30?,31?,32?,33-,34-,35+/m00/s1. The second-order valence-corrected chi connectivity index (χ2v) is 29.8. The van der Waals surface area contributed by atoms with E-state index in [1.807, 2.05) is 0 Å². The summed E-state index contributed by atoms with van der Waals surface area (Å²) >= 11 is 0. The summed E-state index contributed by atoms with van der Waals surface area (Å²) < 4.78 is 36.5. The minimum Gasteiger partial charge on any atom is -0.494 e. The molecule has 11 nitrogen and oxygen atoms in total. The number of hydrogen-bond acceptors (Lipinski definition) is 11. The second-order valence-electron chi connectivity index (χ2n) is 29.8. The number of aliphatic hydroxyl groups is 1. The van der Waals surface area contributed by atoms with Gasteiger partial charge < -0.3 is 44.2 Å². The lowest BCUT2D eigenvalue weighted by Crippen LogP contribution is -2.56. The van der Waals surface area contributed by atoms with E-state index in [1.165, 1.54) is 120 Å². The van der Waals surface area contributed by atoms with Crippen LogP contribution in [0.4, 0.5) is 0 Å². The van der Waals surface area contributed by atoms with E-state index in [2.05, 4.69) is 73.0 Å². The van der Waals surface area contributed by atoms with Gasteiger partial charge in [-0.1, -0.05) is 76.6 Å². The Morgan fingerprint density at radius 3 is 1.78 bits per heavy atom. The Morgan fingerprint density at radius 2 is 1.16 bits per heavy atom. The molecule has 0 amide bonds. The molecule has 1 saturated heterocycles. The zero-order valence-electron chi connectivity index (χ0n) is 51.8. The fourth-order valence-corrected chi connectivity index (χ4v) is 21.6. The molecule has 0 bridgehead atoms. The van der Waals surface area contributed by atoms with Crippen LogP contribution in [0.25, 0.3) is 0 Å². The molecule has 11 aliphatic rings. The molecular formula is C72H108N2O9. The number of rotatable bonds is 18. The van der Waals surface area contributed by atoms with E-state index >= 15 is 0 Å². The van der Waals surface area contributed by atoms with Gasteiger partial charge in [0, 0.05) is 69.2 Å². The van der Waals surface area contributed by atoms with E-state index in [0.29, 0.717) is 96.4 Å². The van der Waals surface area contributed by atoms with Crippen molar-refractivity contribution < 1.29 is 43.1 Å². The average molecular weight is 1150 g/mol. The van der Waals surface area contributed by atoms with Crippen LogP contribution in [0.5, 0.6) is 11.5 Å². The van der Waals surface area contributed by atoms with E-state index in [-0.39, 0.29) is 34.8 Å². The fourth-order valence-electron chi connectivity index (χ4n) is 21.6. The summed E-state index contributed by atoms with van der Waals surface area (Å²) in [5, 5.41) is 19.1. The van der Waals surface area contributed by atoms with Crippen LogP contribution in [0, 0.1) is 69.0 Å². The molecule has 0 aromatic heterocycles. The Labute approximate surface area is 499 Å². The molecule has 11 fully saturated rings. The topological polar surface area (TPSA) is 134 Å². The van der Waals surface area contributed by atoms with Crippen molar-refractivity contribution in [3.05, 3.63) is 59.7 Å². The number of nitrogens with one attached hydrogen (secondary N) is 2. The van der Waals surface area contributed by atoms with Gasteiger partial charge in [-0.2, -0.15) is 0 Å². The Kier molecular flexibility index (Phi) is 19.0. The minimum atomic E-state index is -0.303. The number of Topliss-reactive ketones (excluding diaryl/α,β-unsaturated/α-hetero) is 2. The highest BCUT2D eigenvalue weighted by atomic mass is 16.7. The molecule has 83 heavy (non-hydrogen) atoms. The van der Waals surface area contributed by atoms with E-state index in [9.17, 15) is 14.7 Å². The average Bonchev–Trinajstić information content (AvgIpc) is 3.68. The first-order valence-corrected chi connectivity index (χ1v) is 34.3. The first-order chi connectivity index (χ1) is 40.4. The van der Waals surface area contributed by atoms with Gasteiger partial charge in [0.15, 0.2) is 5.79 Å². The Bertz CT molecular complexity index is 2490. The molecule has 460 valence electrons. The highest BCUT2D eigenvalue weighted by Crippen LogP contribution is 2.69. The highest BCUT2D eigenvalue weighted by molar-refractivity contribution is 5.87. The SMILES string of the molecule is COCC(NC1CCCCC1)c1cccc(OCC[C@]23CCC4C(CCC5CC(=O)CC[C@@]54C)C2CC[C@@H]3O)c1.COCC(NC1CCCCC1)c1cccc(OCC[C@]23CCC4C(CCC5CC6(CC[C@@]54C)OCCO6)C2CCC3=O)c1. The molecule has 1 spiro atoms. The molecule has 15 atom stereocenters. The third-order valence-corrected chi connectivity index (χ3v) is 26.0. The normalized spacial score (nSPS) is 38.3. The van der Waals surface area contributed by atoms with Crippen LogP contribution in [0.3, 0.4) is 0 Å². The summed E-state index contributed by atoms with van der Waals surface area (Å²) in [5.74, 6) is 7.73. The molecule has 13 rings (SSSR count). The summed E-state index contributed by atoms with van der Waals surface area (Å²) in [6.07, 6.45) is 34.0. The van der Waals surface area contributed by atoms with Crippen molar-refractivity contribution in [1.29, 1.82) is 0 Å². The molecule has 2 aromatic rings. The van der Waals surface area contributed by atoms with Gasteiger partial charge in [0.1, 0.15) is 23.1 Å². The first-order valence-electron chi connectivity index (χ1n) is 34.3. The number of fused-ring (bicyclic) bond motifs is 10. The summed E-state index contributed by atoms with van der Waals surface area (Å²) in [7, 11) is 3.57. The summed E-state index contributed by atoms with van der Waals surface area (Å²) in [5.41, 5.74) is 2.94. The van der Waals surface area contributed by atoms with Crippen LogP contribution in [-0.2, 0) is 28.5 Å². The summed E-state index contributed by atoms with van der Waals surface area (Å²) in [6, 6.07) is 18.6. The minimum absolute atomic E-state index is 0.00637. The number of carbonyl (C=O) groups is 2. The lowest BCUT2D eigenvalue weighted by molar-refractivity contribution is -0.229. The van der Waals surface area contributed by atoms with Crippen LogP contribution < -0.4 is 20.1 Å². The highest BCUT2D eigenvalue weighted by Gasteiger charge is 2.64. The maximum Gasteiger partial charge on any atom is 0.168 e. The van der Waals surface area contributed by atoms with Gasteiger partial charge in [-0.3, -0.25) is 9.59 Å². The Balaban J connectivity index is 0.000000164. The van der Waals surface area contributed by atoms with Gasteiger partial charge in [-0.25, -0.2) is 0 Å². The predicted octanol–water partition coefficient (Wildman–Crippen LogP) is 14.4. The molecule has 1 aliphatic heterocycles. The fraction of sp³-hybridized carbons (Fsp3) is 0.806. The lowest BCUT2D eigenvalue weighted by Gasteiger charge is -2.61. The monoisotopic (exact) mass is 1140 g/mol. The number of carbonyl (C=O) groups excluding carboxylic acids is 2. The number of benzene rings is 2. The van der Waals surface area contributed by atoms with Crippen molar-refractivity contribution in [2.45, 2.75) is 243 Å². The largest absolute Gasteiger partial charge is 0.494 e. The summed E-state index contributed by atoms with van der Waals surface area (Å²) in [6.45, 7) is 9.18. The van der Waals surface area contributed by atoms with Crippen molar-refractivity contribution in [2.24, 2.45) is 69.0 Å². The zero-order valence-corrected chi connectivity index (χ0v) is 51.8. The molecule has 1 heterocycles. The third-order valence-electron chi connectivity index (χ3n) is 26.0. The van der Waals surface area contributed by atoms with Gasteiger partial charge in [0.2, 0.25) is 0 Å². The predicted molar refractivity (Wildman–Crippen MR) is 325 cm³/mol.